The number of carbonyl (C=O) groups excluding carboxylic acids is 1. The molecule has 110 valence electrons. The zero-order valence-corrected chi connectivity index (χ0v) is 13.1. The van der Waals surface area contributed by atoms with E-state index in [1.165, 1.54) is 0 Å². The maximum atomic E-state index is 12.2. The van der Waals surface area contributed by atoms with Gasteiger partial charge in [0.05, 0.1) is 17.1 Å². The molecule has 1 heterocycles. The lowest BCUT2D eigenvalue weighted by Gasteiger charge is -2.10. The van der Waals surface area contributed by atoms with Gasteiger partial charge in [-0.15, -0.1) is 11.3 Å². The lowest BCUT2D eigenvalue weighted by atomic mass is 10.0. The Bertz CT molecular complexity index is 781. The van der Waals surface area contributed by atoms with E-state index in [0.29, 0.717) is 6.42 Å². The number of rotatable bonds is 4. The third-order valence-electron chi connectivity index (χ3n) is 3.29. The Morgan fingerprint density at radius 3 is 2.55 bits per heavy atom. The van der Waals surface area contributed by atoms with Crippen molar-refractivity contribution in [1.82, 2.24) is 4.98 Å². The zero-order valence-electron chi connectivity index (χ0n) is 12.2. The second-order valence-corrected chi connectivity index (χ2v) is 6.06. The topological polar surface area (TPSA) is 42.0 Å². The van der Waals surface area contributed by atoms with Crippen molar-refractivity contribution >= 4 is 22.9 Å². The number of anilines is 1. The lowest BCUT2D eigenvalue weighted by Crippen LogP contribution is -2.15. The maximum Gasteiger partial charge on any atom is 0.230 e. The number of hydrogen-bond donors (Lipinski definition) is 1. The maximum absolute atomic E-state index is 12.2. The number of nitrogens with zero attached hydrogens (tertiary/aromatic N) is 1. The van der Waals surface area contributed by atoms with Gasteiger partial charge in [-0.2, -0.15) is 0 Å². The van der Waals surface area contributed by atoms with Crippen molar-refractivity contribution in [2.75, 3.05) is 5.32 Å². The van der Waals surface area contributed by atoms with Crippen LogP contribution in [0.25, 0.3) is 11.1 Å². The fourth-order valence-corrected chi connectivity index (χ4v) is 2.92. The smallest absolute Gasteiger partial charge is 0.230 e. The Hall–Kier alpha value is -2.46. The minimum Gasteiger partial charge on any atom is -0.325 e. The van der Waals surface area contributed by atoms with E-state index in [-0.39, 0.29) is 5.91 Å². The molecule has 0 aliphatic rings. The van der Waals surface area contributed by atoms with Crippen LogP contribution in [-0.2, 0) is 11.2 Å². The first kappa shape index (κ1) is 14.5. The molecular weight excluding hydrogens is 292 g/mol. The third kappa shape index (κ3) is 3.40. The Labute approximate surface area is 133 Å². The number of benzene rings is 2. The summed E-state index contributed by atoms with van der Waals surface area (Å²) in [5.41, 5.74) is 3.75. The monoisotopic (exact) mass is 308 g/mol. The first-order chi connectivity index (χ1) is 10.7. The average Bonchev–Trinajstić information content (AvgIpc) is 2.93. The van der Waals surface area contributed by atoms with Crippen LogP contribution in [0.4, 0.5) is 5.69 Å². The number of nitrogens with one attached hydrogen (secondary N) is 1. The number of hydrogen-bond acceptors (Lipinski definition) is 3. The van der Waals surface area contributed by atoms with E-state index in [1.54, 1.807) is 11.3 Å². The van der Waals surface area contributed by atoms with E-state index in [9.17, 15) is 4.79 Å². The minimum atomic E-state index is -0.0475. The van der Waals surface area contributed by atoms with Gasteiger partial charge in [0, 0.05) is 16.6 Å². The van der Waals surface area contributed by atoms with Crippen LogP contribution in [0.15, 0.2) is 60.0 Å². The van der Waals surface area contributed by atoms with Crippen molar-refractivity contribution in [3.8, 4) is 11.1 Å². The molecule has 1 aromatic heterocycles. The summed E-state index contributed by atoms with van der Waals surface area (Å²) in [6, 6.07) is 17.9. The molecule has 0 aliphatic heterocycles. The standard InChI is InChI=1S/C18H16N2OS/c1-13-19-15(12-22-13)11-18(21)20-17-10-6-5-9-16(17)14-7-3-2-4-8-14/h2-10,12H,11H2,1H3,(H,20,21). The van der Waals surface area contributed by atoms with E-state index in [1.807, 2.05) is 66.9 Å². The van der Waals surface area contributed by atoms with Crippen molar-refractivity contribution in [2.45, 2.75) is 13.3 Å². The first-order valence-corrected chi connectivity index (χ1v) is 7.95. The normalized spacial score (nSPS) is 10.4. The first-order valence-electron chi connectivity index (χ1n) is 7.07. The molecule has 0 unspecified atom stereocenters. The summed E-state index contributed by atoms with van der Waals surface area (Å²) in [5, 5.41) is 5.90. The molecule has 0 aliphatic carbocycles. The molecule has 0 saturated heterocycles. The van der Waals surface area contributed by atoms with E-state index < -0.39 is 0 Å². The highest BCUT2D eigenvalue weighted by Gasteiger charge is 2.10. The van der Waals surface area contributed by atoms with E-state index >= 15 is 0 Å². The van der Waals surface area contributed by atoms with Crippen LogP contribution in [0.5, 0.6) is 0 Å². The van der Waals surface area contributed by atoms with Crippen LogP contribution >= 0.6 is 11.3 Å². The predicted molar refractivity (Wildman–Crippen MR) is 91.1 cm³/mol. The van der Waals surface area contributed by atoms with Crippen molar-refractivity contribution < 1.29 is 4.79 Å². The van der Waals surface area contributed by atoms with Crippen molar-refractivity contribution in [1.29, 1.82) is 0 Å². The molecule has 2 aromatic carbocycles. The molecule has 0 atom stereocenters. The zero-order chi connectivity index (χ0) is 15.4. The highest BCUT2D eigenvalue weighted by atomic mass is 32.1. The largest absolute Gasteiger partial charge is 0.325 e. The number of para-hydroxylation sites is 1. The predicted octanol–water partition coefficient (Wildman–Crippen LogP) is 4.30. The van der Waals surface area contributed by atoms with E-state index in [2.05, 4.69) is 10.3 Å². The Kier molecular flexibility index (Phi) is 4.30. The molecule has 0 bridgehead atoms. The molecule has 1 N–H and O–H groups in total. The van der Waals surface area contributed by atoms with Gasteiger partial charge in [-0.1, -0.05) is 48.5 Å². The SMILES string of the molecule is Cc1nc(CC(=O)Nc2ccccc2-c2ccccc2)cs1. The number of aryl methyl sites for hydroxylation is 1. The molecule has 0 saturated carbocycles. The van der Waals surface area contributed by atoms with Gasteiger partial charge in [0.15, 0.2) is 0 Å². The number of aromatic nitrogens is 1. The molecule has 3 nitrogen and oxygen atoms in total. The summed E-state index contributed by atoms with van der Waals surface area (Å²) >= 11 is 1.56. The average molecular weight is 308 g/mol. The van der Waals surface area contributed by atoms with Crippen LogP contribution in [-0.4, -0.2) is 10.9 Å². The highest BCUT2D eigenvalue weighted by Crippen LogP contribution is 2.27. The summed E-state index contributed by atoms with van der Waals surface area (Å²) in [6.07, 6.45) is 0.299. The molecule has 22 heavy (non-hydrogen) atoms. The molecule has 0 fully saturated rings. The van der Waals surface area contributed by atoms with Gasteiger partial charge >= 0.3 is 0 Å². The van der Waals surface area contributed by atoms with Crippen LogP contribution in [0.1, 0.15) is 10.7 Å². The lowest BCUT2D eigenvalue weighted by molar-refractivity contribution is -0.115. The van der Waals surface area contributed by atoms with E-state index in [0.717, 1.165) is 27.5 Å². The quantitative estimate of drug-likeness (QED) is 0.781. The molecule has 4 heteroatoms. The molecule has 0 spiro atoms. The van der Waals surface area contributed by atoms with Gasteiger partial charge in [0.2, 0.25) is 5.91 Å². The number of thiazole rings is 1. The van der Waals surface area contributed by atoms with Crippen molar-refractivity contribution in [2.24, 2.45) is 0 Å². The second kappa shape index (κ2) is 6.54. The fourth-order valence-electron chi connectivity index (χ4n) is 2.31. The van der Waals surface area contributed by atoms with Crippen LogP contribution in [0.2, 0.25) is 0 Å². The summed E-state index contributed by atoms with van der Waals surface area (Å²) < 4.78 is 0. The van der Waals surface area contributed by atoms with Crippen molar-refractivity contribution in [3.05, 3.63) is 70.7 Å². The molecule has 1 amide bonds. The number of amides is 1. The molecule has 3 aromatic rings. The summed E-state index contributed by atoms with van der Waals surface area (Å²) in [5.74, 6) is -0.0475. The van der Waals surface area contributed by atoms with Gasteiger partial charge in [-0.25, -0.2) is 4.98 Å². The molecule has 3 rings (SSSR count). The third-order valence-corrected chi connectivity index (χ3v) is 4.12. The van der Waals surface area contributed by atoms with E-state index in [4.69, 9.17) is 0 Å². The number of carbonyl (C=O) groups is 1. The second-order valence-electron chi connectivity index (χ2n) is 4.99. The molecular formula is C18H16N2OS. The fraction of sp³-hybridized carbons (Fsp3) is 0.111. The Morgan fingerprint density at radius 1 is 1.09 bits per heavy atom. The van der Waals surface area contributed by atoms with Crippen molar-refractivity contribution in [3.63, 3.8) is 0 Å². The van der Waals surface area contributed by atoms with Crippen LogP contribution < -0.4 is 5.32 Å². The van der Waals surface area contributed by atoms with Gasteiger partial charge in [-0.3, -0.25) is 4.79 Å². The minimum absolute atomic E-state index is 0.0475. The summed E-state index contributed by atoms with van der Waals surface area (Å²) in [7, 11) is 0. The highest BCUT2D eigenvalue weighted by molar-refractivity contribution is 7.09. The van der Waals surface area contributed by atoms with Gasteiger partial charge < -0.3 is 5.32 Å². The van der Waals surface area contributed by atoms with Gasteiger partial charge in [0.1, 0.15) is 0 Å². The Balaban J connectivity index is 1.79. The Morgan fingerprint density at radius 2 is 1.82 bits per heavy atom. The van der Waals surface area contributed by atoms with Gasteiger partial charge in [-0.05, 0) is 18.6 Å². The van der Waals surface area contributed by atoms with Gasteiger partial charge in [0.25, 0.3) is 0 Å². The summed E-state index contributed by atoms with van der Waals surface area (Å²) in [4.78, 5) is 16.6. The summed E-state index contributed by atoms with van der Waals surface area (Å²) in [6.45, 7) is 1.94. The van der Waals surface area contributed by atoms with Crippen LogP contribution in [0.3, 0.4) is 0 Å². The van der Waals surface area contributed by atoms with Crippen LogP contribution in [0, 0.1) is 6.92 Å². The molecule has 0 radical (unpaired) electrons.